The molecule has 2 rings (SSSR count). The van der Waals surface area contributed by atoms with Crippen LogP contribution in [-0.2, 0) is 10.2 Å². The molecule has 0 unspecified atom stereocenters. The van der Waals surface area contributed by atoms with Crippen molar-refractivity contribution >= 4 is 29.9 Å². The summed E-state index contributed by atoms with van der Waals surface area (Å²) in [5, 5.41) is 6.76. The molecule has 118 valence electrons. The summed E-state index contributed by atoms with van der Waals surface area (Å²) in [4.78, 5) is 11.7. The number of nitrogens with one attached hydrogen (secondary N) is 2. The van der Waals surface area contributed by atoms with Gasteiger partial charge in [0, 0.05) is 17.0 Å². The van der Waals surface area contributed by atoms with E-state index in [1.165, 1.54) is 24.8 Å². The van der Waals surface area contributed by atoms with Crippen LogP contribution in [-0.4, -0.2) is 26.0 Å². The summed E-state index contributed by atoms with van der Waals surface area (Å²) in [5.41, 5.74) is 1.19. The van der Waals surface area contributed by atoms with Crippen molar-refractivity contribution in [3.8, 4) is 0 Å². The zero-order chi connectivity index (χ0) is 14.4. The molecule has 1 fully saturated rings. The largest absolute Gasteiger partial charge is 0.354 e. The molecule has 1 aromatic rings. The van der Waals surface area contributed by atoms with E-state index in [-0.39, 0.29) is 23.7 Å². The molecule has 1 aromatic carbocycles. The monoisotopic (exact) mass is 330 g/mol. The number of likely N-dealkylation sites (N-methyl/N-ethyl adjacent to an activating group) is 1. The van der Waals surface area contributed by atoms with Gasteiger partial charge in [-0.3, -0.25) is 4.79 Å². The van der Waals surface area contributed by atoms with Crippen molar-refractivity contribution in [2.24, 2.45) is 0 Å². The number of hydrogen-bond acceptors (Lipinski definition) is 2. The lowest BCUT2D eigenvalue weighted by Gasteiger charge is -2.38. The van der Waals surface area contributed by atoms with E-state index in [2.05, 4.69) is 16.7 Å². The maximum atomic E-state index is 11.7. The lowest BCUT2D eigenvalue weighted by atomic mass is 9.69. The van der Waals surface area contributed by atoms with Gasteiger partial charge in [0.05, 0.1) is 6.54 Å². The van der Waals surface area contributed by atoms with Gasteiger partial charge in [0.2, 0.25) is 5.91 Å². The van der Waals surface area contributed by atoms with Gasteiger partial charge in [-0.05, 0) is 31.5 Å². The summed E-state index contributed by atoms with van der Waals surface area (Å²) in [6.07, 6.45) is 5.87. The topological polar surface area (TPSA) is 41.1 Å². The van der Waals surface area contributed by atoms with Gasteiger partial charge in [0.1, 0.15) is 0 Å². The molecule has 1 aliphatic carbocycles. The molecule has 0 spiro atoms. The molecule has 1 saturated carbocycles. The van der Waals surface area contributed by atoms with Crippen molar-refractivity contribution < 1.29 is 4.79 Å². The van der Waals surface area contributed by atoms with E-state index in [0.29, 0.717) is 13.1 Å². The minimum absolute atomic E-state index is 0. The smallest absolute Gasteiger partial charge is 0.233 e. The summed E-state index contributed by atoms with van der Waals surface area (Å²) in [7, 11) is 1.78. The molecule has 0 aromatic heterocycles. The van der Waals surface area contributed by atoms with Gasteiger partial charge in [-0.1, -0.05) is 49.1 Å². The number of hydrogen-bond donors (Lipinski definition) is 2. The second-order valence-corrected chi connectivity index (χ2v) is 6.04. The molecular weight excluding hydrogens is 307 g/mol. The van der Waals surface area contributed by atoms with Gasteiger partial charge in [-0.2, -0.15) is 0 Å². The number of halogens is 2. The Hall–Kier alpha value is -0.770. The Labute approximate surface area is 138 Å². The highest BCUT2D eigenvalue weighted by molar-refractivity contribution is 6.31. The highest BCUT2D eigenvalue weighted by atomic mass is 35.5. The summed E-state index contributed by atoms with van der Waals surface area (Å²) in [6, 6.07) is 8.05. The first-order valence-corrected chi connectivity index (χ1v) is 7.72. The van der Waals surface area contributed by atoms with Crippen molar-refractivity contribution in [2.45, 2.75) is 37.5 Å². The quantitative estimate of drug-likeness (QED) is 0.869. The lowest BCUT2D eigenvalue weighted by Crippen LogP contribution is -2.44. The molecule has 5 heteroatoms. The lowest BCUT2D eigenvalue weighted by molar-refractivity contribution is -0.120. The van der Waals surface area contributed by atoms with E-state index in [9.17, 15) is 4.79 Å². The number of carbonyl (C=O) groups excluding carboxylic acids is 1. The maximum absolute atomic E-state index is 11.7. The average molecular weight is 331 g/mol. The minimum Gasteiger partial charge on any atom is -0.354 e. The van der Waals surface area contributed by atoms with Crippen molar-refractivity contribution in [3.05, 3.63) is 34.9 Å². The highest BCUT2D eigenvalue weighted by Gasteiger charge is 2.35. The van der Waals surface area contributed by atoms with Gasteiger partial charge in [0.25, 0.3) is 0 Å². The second-order valence-electron chi connectivity index (χ2n) is 5.63. The summed E-state index contributed by atoms with van der Waals surface area (Å²) >= 11 is 6.40. The molecule has 1 amide bonds. The first-order valence-electron chi connectivity index (χ1n) is 7.34. The third-order valence-electron chi connectivity index (χ3n) is 4.22. The first kappa shape index (κ1) is 18.3. The van der Waals surface area contributed by atoms with Gasteiger partial charge >= 0.3 is 0 Å². The summed E-state index contributed by atoms with van der Waals surface area (Å²) in [5.74, 6) is 0.0458. The average Bonchev–Trinajstić information content (AvgIpc) is 2.47. The van der Waals surface area contributed by atoms with Crippen molar-refractivity contribution in [2.75, 3.05) is 20.1 Å². The number of benzene rings is 1. The summed E-state index contributed by atoms with van der Waals surface area (Å²) in [6.45, 7) is 1.04. The van der Waals surface area contributed by atoms with Gasteiger partial charge in [-0.15, -0.1) is 12.4 Å². The highest BCUT2D eigenvalue weighted by Crippen LogP contribution is 2.41. The fourth-order valence-corrected chi connectivity index (χ4v) is 3.49. The fourth-order valence-electron chi connectivity index (χ4n) is 3.15. The third kappa shape index (κ3) is 4.60. The van der Waals surface area contributed by atoms with Crippen molar-refractivity contribution in [1.29, 1.82) is 0 Å². The van der Waals surface area contributed by atoms with E-state index < -0.39 is 0 Å². The van der Waals surface area contributed by atoms with Crippen molar-refractivity contribution in [1.82, 2.24) is 10.6 Å². The van der Waals surface area contributed by atoms with Crippen LogP contribution in [0.1, 0.15) is 37.7 Å². The molecule has 0 atom stereocenters. The minimum atomic E-state index is -0.00000520. The molecule has 1 aliphatic rings. The van der Waals surface area contributed by atoms with Crippen LogP contribution in [0.15, 0.2) is 24.3 Å². The molecule has 0 heterocycles. The molecule has 0 bridgehead atoms. The van der Waals surface area contributed by atoms with Crippen LogP contribution in [0.25, 0.3) is 0 Å². The maximum Gasteiger partial charge on any atom is 0.233 e. The molecular formula is C16H24Cl2N2O. The van der Waals surface area contributed by atoms with Crippen LogP contribution in [0, 0.1) is 0 Å². The summed E-state index contributed by atoms with van der Waals surface area (Å²) < 4.78 is 0. The van der Waals surface area contributed by atoms with Crippen LogP contribution < -0.4 is 10.6 Å². The Balaban J connectivity index is 0.00000220. The van der Waals surface area contributed by atoms with Crippen molar-refractivity contribution in [3.63, 3.8) is 0 Å². The van der Waals surface area contributed by atoms with Crippen LogP contribution in [0.2, 0.25) is 5.02 Å². The van der Waals surface area contributed by atoms with E-state index in [1.54, 1.807) is 7.05 Å². The number of carbonyl (C=O) groups is 1. The van der Waals surface area contributed by atoms with Crippen LogP contribution in [0.4, 0.5) is 0 Å². The molecule has 21 heavy (non-hydrogen) atoms. The Kier molecular flexibility index (Phi) is 7.50. The molecule has 3 nitrogen and oxygen atoms in total. The van der Waals surface area contributed by atoms with E-state index in [4.69, 9.17) is 11.6 Å². The Morgan fingerprint density at radius 2 is 1.90 bits per heavy atom. The molecule has 2 N–H and O–H groups in total. The van der Waals surface area contributed by atoms with Crippen LogP contribution >= 0.6 is 24.0 Å². The standard InChI is InChI=1S/C16H23ClN2O.ClH/c1-18-11-15(20)19-12-16(9-5-2-6-10-16)13-7-3-4-8-14(13)17;/h3-4,7-8,18H,2,5-6,9-12H2,1H3,(H,19,20);1H. The van der Waals surface area contributed by atoms with Gasteiger partial charge < -0.3 is 10.6 Å². The normalized spacial score (nSPS) is 16.9. The predicted octanol–water partition coefficient (Wildman–Crippen LogP) is 3.30. The predicted molar refractivity (Wildman–Crippen MR) is 90.4 cm³/mol. The van der Waals surface area contributed by atoms with E-state index in [1.807, 2.05) is 18.2 Å². The van der Waals surface area contributed by atoms with Gasteiger partial charge in [-0.25, -0.2) is 0 Å². The second kappa shape index (κ2) is 8.62. The fraction of sp³-hybridized carbons (Fsp3) is 0.562. The Morgan fingerprint density at radius 3 is 2.52 bits per heavy atom. The van der Waals surface area contributed by atoms with Crippen LogP contribution in [0.3, 0.4) is 0 Å². The van der Waals surface area contributed by atoms with Crippen LogP contribution in [0.5, 0.6) is 0 Å². The Morgan fingerprint density at radius 1 is 1.24 bits per heavy atom. The van der Waals surface area contributed by atoms with E-state index in [0.717, 1.165) is 17.9 Å². The Bertz CT molecular complexity index is 459. The van der Waals surface area contributed by atoms with Gasteiger partial charge in [0.15, 0.2) is 0 Å². The zero-order valence-corrected chi connectivity index (χ0v) is 14.0. The molecule has 0 radical (unpaired) electrons. The SMILES string of the molecule is CNCC(=O)NCC1(c2ccccc2Cl)CCCCC1.Cl. The number of rotatable bonds is 5. The first-order chi connectivity index (χ1) is 9.68. The number of amides is 1. The molecule has 0 aliphatic heterocycles. The zero-order valence-electron chi connectivity index (χ0n) is 12.5. The molecule has 0 saturated heterocycles. The third-order valence-corrected chi connectivity index (χ3v) is 4.55. The van der Waals surface area contributed by atoms with E-state index >= 15 is 0 Å².